The number of amides is 3. The van der Waals surface area contributed by atoms with Gasteiger partial charge >= 0.3 is 11.9 Å². The molecule has 2 fully saturated rings. The normalized spacial score (nSPS) is 21.6. The van der Waals surface area contributed by atoms with Crippen LogP contribution >= 0.6 is 0 Å². The van der Waals surface area contributed by atoms with E-state index in [0.29, 0.717) is 32.1 Å². The highest BCUT2D eigenvalue weighted by molar-refractivity contribution is 6.32. The second-order valence-corrected chi connectivity index (χ2v) is 4.11. The topological polar surface area (TPSA) is 69.9 Å². The van der Waals surface area contributed by atoms with E-state index in [1.165, 1.54) is 19.0 Å². The molecule has 0 unspecified atom stereocenters. The Morgan fingerprint density at radius 3 is 2.33 bits per heavy atom. The highest BCUT2D eigenvalue weighted by Gasteiger charge is 2.45. The summed E-state index contributed by atoms with van der Waals surface area (Å²) in [6.07, 6.45) is 0. The van der Waals surface area contributed by atoms with Crippen molar-refractivity contribution in [1.29, 1.82) is 0 Å². The van der Waals surface area contributed by atoms with Gasteiger partial charge in [0.2, 0.25) is 5.57 Å². The Bertz CT molecular complexity index is 483. The van der Waals surface area contributed by atoms with Gasteiger partial charge in [-0.05, 0) is 0 Å². The Labute approximate surface area is 104 Å². The summed E-state index contributed by atoms with van der Waals surface area (Å²) in [5.41, 5.74) is -0.110. The molecule has 96 valence electrons. The largest absolute Gasteiger partial charge is 0.417 e. The van der Waals surface area contributed by atoms with Gasteiger partial charge in [0.25, 0.3) is 5.91 Å². The fourth-order valence-electron chi connectivity index (χ4n) is 2.07. The summed E-state index contributed by atoms with van der Waals surface area (Å²) in [6, 6.07) is -0.458. The quantitative estimate of drug-likeness (QED) is 0.305. The van der Waals surface area contributed by atoms with Gasteiger partial charge in [0.05, 0.1) is 20.3 Å². The van der Waals surface area contributed by atoms with E-state index in [0.717, 1.165) is 4.90 Å². The van der Waals surface area contributed by atoms with Gasteiger partial charge in [-0.2, -0.15) is 4.90 Å². The average molecular weight is 252 g/mol. The van der Waals surface area contributed by atoms with Crippen LogP contribution in [0.15, 0.2) is 5.57 Å². The SMILES string of the molecule is CN1C(=O)C(=C=O)C(=[N+]2CCOCC2)N(C)C1=O. The number of rotatable bonds is 0. The standard InChI is InChI=1S/C11H14N3O4/c1-12-9(14-3-5-18-6-4-14)8(7-15)10(16)13(2)11(12)17/h3-6H2,1-2H3/q+1. The van der Waals surface area contributed by atoms with E-state index in [2.05, 4.69) is 0 Å². The zero-order valence-electron chi connectivity index (χ0n) is 10.3. The van der Waals surface area contributed by atoms with E-state index in [-0.39, 0.29) is 5.57 Å². The molecule has 0 N–H and O–H groups in total. The second-order valence-electron chi connectivity index (χ2n) is 4.11. The fraction of sp³-hybridized carbons (Fsp3) is 0.545. The van der Waals surface area contributed by atoms with E-state index >= 15 is 0 Å². The van der Waals surface area contributed by atoms with Crippen LogP contribution in [0.1, 0.15) is 0 Å². The summed E-state index contributed by atoms with van der Waals surface area (Å²) >= 11 is 0. The molecule has 2 heterocycles. The van der Waals surface area contributed by atoms with Crippen molar-refractivity contribution in [3.63, 3.8) is 0 Å². The lowest BCUT2D eigenvalue weighted by Crippen LogP contribution is -2.57. The highest BCUT2D eigenvalue weighted by atomic mass is 16.5. The molecule has 0 bridgehead atoms. The maximum absolute atomic E-state index is 11.9. The lowest BCUT2D eigenvalue weighted by molar-refractivity contribution is -0.552. The smallest absolute Gasteiger partial charge is 0.373 e. The van der Waals surface area contributed by atoms with Crippen molar-refractivity contribution in [1.82, 2.24) is 9.80 Å². The van der Waals surface area contributed by atoms with Crippen LogP contribution in [0.3, 0.4) is 0 Å². The van der Waals surface area contributed by atoms with Crippen molar-refractivity contribution >= 4 is 23.7 Å². The minimum absolute atomic E-state index is 0.110. The Balaban J connectivity index is 2.52. The van der Waals surface area contributed by atoms with E-state index in [4.69, 9.17) is 4.74 Å². The Morgan fingerprint density at radius 2 is 1.78 bits per heavy atom. The lowest BCUT2D eigenvalue weighted by Gasteiger charge is -2.27. The first kappa shape index (κ1) is 12.5. The molecule has 2 aliphatic rings. The molecule has 0 aliphatic carbocycles. The van der Waals surface area contributed by atoms with Gasteiger partial charge in [-0.3, -0.25) is 9.37 Å². The van der Waals surface area contributed by atoms with E-state index < -0.39 is 11.9 Å². The first-order chi connectivity index (χ1) is 8.57. The van der Waals surface area contributed by atoms with Crippen molar-refractivity contribution in [3.8, 4) is 0 Å². The number of hydrogen-bond acceptors (Lipinski definition) is 4. The van der Waals surface area contributed by atoms with E-state index in [9.17, 15) is 14.4 Å². The van der Waals surface area contributed by atoms with Crippen molar-refractivity contribution in [2.45, 2.75) is 0 Å². The van der Waals surface area contributed by atoms with E-state index in [1.54, 1.807) is 10.5 Å². The van der Waals surface area contributed by atoms with Crippen LogP contribution in [0.2, 0.25) is 0 Å². The summed E-state index contributed by atoms with van der Waals surface area (Å²) in [4.78, 5) is 36.9. The van der Waals surface area contributed by atoms with Gasteiger partial charge in [-0.1, -0.05) is 0 Å². The summed E-state index contributed by atoms with van der Waals surface area (Å²) in [5, 5.41) is 0. The molecule has 0 aromatic heterocycles. The van der Waals surface area contributed by atoms with E-state index in [1.807, 2.05) is 0 Å². The highest BCUT2D eigenvalue weighted by Crippen LogP contribution is 2.14. The van der Waals surface area contributed by atoms with Crippen molar-refractivity contribution in [2.24, 2.45) is 0 Å². The predicted octanol–water partition coefficient (Wildman–Crippen LogP) is -1.29. The zero-order valence-corrected chi connectivity index (χ0v) is 10.3. The molecule has 0 radical (unpaired) electrons. The molecule has 0 atom stereocenters. The monoisotopic (exact) mass is 252 g/mol. The molecule has 18 heavy (non-hydrogen) atoms. The number of urea groups is 1. The number of hydrogen-bond donors (Lipinski definition) is 0. The molecule has 0 spiro atoms. The summed E-state index contributed by atoms with van der Waals surface area (Å²) in [7, 11) is 2.88. The molecule has 0 saturated carbocycles. The third-order valence-electron chi connectivity index (χ3n) is 3.05. The van der Waals surface area contributed by atoms with Crippen LogP contribution in [-0.4, -0.2) is 78.5 Å². The van der Waals surface area contributed by atoms with Crippen molar-refractivity contribution in [2.75, 3.05) is 40.4 Å². The van der Waals surface area contributed by atoms with Gasteiger partial charge in [-0.15, -0.1) is 0 Å². The van der Waals surface area contributed by atoms with Crippen molar-refractivity contribution < 1.29 is 23.7 Å². The van der Waals surface area contributed by atoms with Crippen LogP contribution in [0.5, 0.6) is 0 Å². The number of amidine groups is 1. The van der Waals surface area contributed by atoms with Crippen molar-refractivity contribution in [3.05, 3.63) is 5.57 Å². The molecule has 2 saturated heterocycles. The molecule has 0 aromatic carbocycles. The van der Waals surface area contributed by atoms with Gasteiger partial charge < -0.3 is 4.74 Å². The number of nitrogens with zero attached hydrogens (tertiary/aromatic N) is 3. The molecule has 3 amide bonds. The summed E-state index contributed by atoms with van der Waals surface area (Å²) < 4.78 is 7.01. The molecule has 0 aromatic rings. The second kappa shape index (κ2) is 4.72. The minimum atomic E-state index is -0.616. The van der Waals surface area contributed by atoms with Crippen LogP contribution in [0, 0.1) is 0 Å². The predicted molar refractivity (Wildman–Crippen MR) is 61.0 cm³/mol. The minimum Gasteiger partial charge on any atom is -0.373 e. The third-order valence-corrected chi connectivity index (χ3v) is 3.05. The number of carbonyl (C=O) groups excluding carboxylic acids is 3. The summed E-state index contributed by atoms with van der Waals surface area (Å²) in [6.45, 7) is 2.08. The number of ether oxygens (including phenoxy) is 1. The molecule has 2 rings (SSSR count). The Hall–Kier alpha value is -1.98. The number of likely N-dealkylation sites (N-methyl/N-ethyl adjacent to an activating group) is 2. The van der Waals surface area contributed by atoms with Crippen LogP contribution in [-0.2, 0) is 14.3 Å². The maximum atomic E-state index is 11.9. The molecule has 2 aliphatic heterocycles. The maximum Gasteiger partial charge on any atom is 0.417 e. The molecular formula is C11H14N3O4+. The van der Waals surface area contributed by atoms with Gasteiger partial charge in [0, 0.05) is 7.05 Å². The van der Waals surface area contributed by atoms with Crippen LogP contribution < -0.4 is 0 Å². The lowest BCUT2D eigenvalue weighted by atomic mass is 10.1. The first-order valence-corrected chi connectivity index (χ1v) is 5.58. The Kier molecular flexibility index (Phi) is 3.27. The average Bonchev–Trinajstić information content (AvgIpc) is 2.41. The summed E-state index contributed by atoms with van der Waals surface area (Å²) in [5.74, 6) is 1.35. The molecular weight excluding hydrogens is 238 g/mol. The third kappa shape index (κ3) is 1.83. The Morgan fingerprint density at radius 1 is 1.17 bits per heavy atom. The van der Waals surface area contributed by atoms with Crippen LogP contribution in [0.25, 0.3) is 0 Å². The number of morpholine rings is 1. The van der Waals surface area contributed by atoms with Gasteiger partial charge in [0.15, 0.2) is 0 Å². The molecule has 7 heteroatoms. The molecule has 7 nitrogen and oxygen atoms in total. The zero-order chi connectivity index (χ0) is 13.3. The fourth-order valence-corrected chi connectivity index (χ4v) is 2.07. The van der Waals surface area contributed by atoms with Crippen LogP contribution in [0.4, 0.5) is 4.79 Å². The number of carbonyl (C=O) groups is 2. The van der Waals surface area contributed by atoms with Gasteiger partial charge in [-0.25, -0.2) is 14.5 Å². The van der Waals surface area contributed by atoms with Gasteiger partial charge in [0.1, 0.15) is 19.0 Å². The first-order valence-electron chi connectivity index (χ1n) is 5.58. The number of imide groups is 1.